The summed E-state index contributed by atoms with van der Waals surface area (Å²) in [5, 5.41) is 0. The zero-order valence-electron chi connectivity index (χ0n) is 13.7. The Labute approximate surface area is 142 Å². The standard InChI is InChI=1S/C16H22N2O5S/c1-12-3-2-6-18(11-12)16(19)10-17-24(20,21)13-4-5-14-15(9-13)23-8-7-22-14/h4-5,9,12,17H,2-3,6-8,10-11H2,1H3. The summed E-state index contributed by atoms with van der Waals surface area (Å²) in [6, 6.07) is 4.44. The third-order valence-corrected chi connectivity index (χ3v) is 5.65. The average Bonchev–Trinajstić information content (AvgIpc) is 2.59. The van der Waals surface area contributed by atoms with E-state index in [9.17, 15) is 13.2 Å². The van der Waals surface area contributed by atoms with Crippen molar-refractivity contribution in [2.45, 2.75) is 24.7 Å². The largest absolute Gasteiger partial charge is 0.486 e. The number of likely N-dealkylation sites (tertiary alicyclic amines) is 1. The molecule has 2 aliphatic rings. The number of piperidine rings is 1. The van der Waals surface area contributed by atoms with Gasteiger partial charge in [0.2, 0.25) is 15.9 Å². The van der Waals surface area contributed by atoms with Crippen molar-refractivity contribution in [1.29, 1.82) is 0 Å². The maximum absolute atomic E-state index is 12.4. The highest BCUT2D eigenvalue weighted by Crippen LogP contribution is 2.32. The van der Waals surface area contributed by atoms with E-state index in [4.69, 9.17) is 9.47 Å². The number of benzene rings is 1. The highest BCUT2D eigenvalue weighted by molar-refractivity contribution is 7.89. The van der Waals surface area contributed by atoms with E-state index in [1.807, 2.05) is 0 Å². The van der Waals surface area contributed by atoms with Crippen molar-refractivity contribution >= 4 is 15.9 Å². The maximum atomic E-state index is 12.4. The van der Waals surface area contributed by atoms with Crippen LogP contribution in [0.3, 0.4) is 0 Å². The van der Waals surface area contributed by atoms with Crippen LogP contribution in [0.4, 0.5) is 0 Å². The highest BCUT2D eigenvalue weighted by atomic mass is 32.2. The van der Waals surface area contributed by atoms with E-state index >= 15 is 0 Å². The fourth-order valence-corrected chi connectivity index (χ4v) is 3.95. The monoisotopic (exact) mass is 354 g/mol. The molecule has 1 unspecified atom stereocenters. The van der Waals surface area contributed by atoms with Crippen LogP contribution in [-0.2, 0) is 14.8 Å². The first kappa shape index (κ1) is 17.0. The summed E-state index contributed by atoms with van der Waals surface area (Å²) in [5.74, 6) is 1.19. The van der Waals surface area contributed by atoms with Crippen LogP contribution in [0.25, 0.3) is 0 Å². The summed E-state index contributed by atoms with van der Waals surface area (Å²) in [5.41, 5.74) is 0. The number of fused-ring (bicyclic) bond motifs is 1. The summed E-state index contributed by atoms with van der Waals surface area (Å²) in [4.78, 5) is 14.0. The van der Waals surface area contributed by atoms with Crippen LogP contribution >= 0.6 is 0 Å². The van der Waals surface area contributed by atoms with Crippen LogP contribution < -0.4 is 14.2 Å². The number of carbonyl (C=O) groups excluding carboxylic acids is 1. The molecule has 7 nitrogen and oxygen atoms in total. The minimum absolute atomic E-state index is 0.0616. The molecule has 3 rings (SSSR count). The average molecular weight is 354 g/mol. The van der Waals surface area contributed by atoms with Gasteiger partial charge in [0.25, 0.3) is 0 Å². The summed E-state index contributed by atoms with van der Waals surface area (Å²) in [7, 11) is -3.77. The Balaban J connectivity index is 1.64. The zero-order chi connectivity index (χ0) is 17.2. The van der Waals surface area contributed by atoms with Crippen molar-refractivity contribution < 1.29 is 22.7 Å². The van der Waals surface area contributed by atoms with Gasteiger partial charge in [0.15, 0.2) is 11.5 Å². The number of nitrogens with zero attached hydrogens (tertiary/aromatic N) is 1. The SMILES string of the molecule is CC1CCCN(C(=O)CNS(=O)(=O)c2ccc3c(c2)OCCO3)C1. The van der Waals surface area contributed by atoms with Gasteiger partial charge in [-0.1, -0.05) is 6.92 Å². The van der Waals surface area contributed by atoms with E-state index in [-0.39, 0.29) is 17.3 Å². The summed E-state index contributed by atoms with van der Waals surface area (Å²) >= 11 is 0. The van der Waals surface area contributed by atoms with Gasteiger partial charge >= 0.3 is 0 Å². The topological polar surface area (TPSA) is 84.9 Å². The molecule has 2 heterocycles. The first-order valence-corrected chi connectivity index (χ1v) is 9.61. The quantitative estimate of drug-likeness (QED) is 0.872. The molecule has 0 aliphatic carbocycles. The molecule has 2 aliphatic heterocycles. The van der Waals surface area contributed by atoms with Gasteiger partial charge in [-0.2, -0.15) is 0 Å². The predicted molar refractivity (Wildman–Crippen MR) is 87.6 cm³/mol. The van der Waals surface area contributed by atoms with Crippen LogP contribution in [0.5, 0.6) is 11.5 Å². The summed E-state index contributed by atoms with van der Waals surface area (Å²) < 4.78 is 37.9. The smallest absolute Gasteiger partial charge is 0.241 e. The Hall–Kier alpha value is -1.80. The van der Waals surface area contributed by atoms with Crippen molar-refractivity contribution in [1.82, 2.24) is 9.62 Å². The molecule has 1 aromatic rings. The second kappa shape index (κ2) is 6.98. The fraction of sp³-hybridized carbons (Fsp3) is 0.562. The van der Waals surface area contributed by atoms with E-state index in [1.165, 1.54) is 12.1 Å². The molecule has 1 atom stereocenters. The molecule has 24 heavy (non-hydrogen) atoms. The Kier molecular flexibility index (Phi) is 4.96. The van der Waals surface area contributed by atoms with Crippen LogP contribution in [0.1, 0.15) is 19.8 Å². The van der Waals surface area contributed by atoms with Gasteiger partial charge in [-0.3, -0.25) is 4.79 Å². The number of ether oxygens (including phenoxy) is 2. The van der Waals surface area contributed by atoms with Crippen LogP contribution in [-0.4, -0.2) is 52.1 Å². The Bertz CT molecular complexity index is 719. The van der Waals surface area contributed by atoms with E-state index in [1.54, 1.807) is 11.0 Å². The first-order chi connectivity index (χ1) is 11.5. The molecular formula is C16H22N2O5S. The Morgan fingerprint density at radius 3 is 2.79 bits per heavy atom. The van der Waals surface area contributed by atoms with Gasteiger partial charge in [0, 0.05) is 19.2 Å². The third-order valence-electron chi connectivity index (χ3n) is 4.25. The normalized spacial score (nSPS) is 20.7. The van der Waals surface area contributed by atoms with Gasteiger partial charge in [0.1, 0.15) is 13.2 Å². The van der Waals surface area contributed by atoms with E-state index in [2.05, 4.69) is 11.6 Å². The van der Waals surface area contributed by atoms with E-state index in [0.29, 0.717) is 43.7 Å². The van der Waals surface area contributed by atoms with Gasteiger partial charge in [-0.15, -0.1) is 0 Å². The van der Waals surface area contributed by atoms with Crippen molar-refractivity contribution in [2.24, 2.45) is 5.92 Å². The minimum atomic E-state index is -3.77. The van der Waals surface area contributed by atoms with Gasteiger partial charge in [-0.05, 0) is 30.9 Å². The molecule has 1 saturated heterocycles. The number of hydrogen-bond acceptors (Lipinski definition) is 5. The van der Waals surface area contributed by atoms with Gasteiger partial charge in [0.05, 0.1) is 11.4 Å². The molecule has 0 aromatic heterocycles. The second-order valence-electron chi connectivity index (χ2n) is 6.22. The lowest BCUT2D eigenvalue weighted by Gasteiger charge is -2.31. The number of sulfonamides is 1. The maximum Gasteiger partial charge on any atom is 0.241 e. The molecule has 0 saturated carbocycles. The molecule has 132 valence electrons. The molecule has 1 amide bonds. The highest BCUT2D eigenvalue weighted by Gasteiger charge is 2.24. The molecule has 0 bridgehead atoms. The van der Waals surface area contributed by atoms with Crippen molar-refractivity contribution in [2.75, 3.05) is 32.8 Å². The molecule has 1 fully saturated rings. The van der Waals surface area contributed by atoms with Crippen LogP contribution in [0.2, 0.25) is 0 Å². The lowest BCUT2D eigenvalue weighted by atomic mass is 10.0. The van der Waals surface area contributed by atoms with Crippen LogP contribution in [0, 0.1) is 5.92 Å². The minimum Gasteiger partial charge on any atom is -0.486 e. The third kappa shape index (κ3) is 3.81. The zero-order valence-corrected chi connectivity index (χ0v) is 14.5. The number of carbonyl (C=O) groups is 1. The van der Waals surface area contributed by atoms with Crippen molar-refractivity contribution in [3.05, 3.63) is 18.2 Å². The predicted octanol–water partition coefficient (Wildman–Crippen LogP) is 0.995. The van der Waals surface area contributed by atoms with Gasteiger partial charge < -0.3 is 14.4 Å². The molecule has 0 radical (unpaired) electrons. The first-order valence-electron chi connectivity index (χ1n) is 8.13. The number of hydrogen-bond donors (Lipinski definition) is 1. The Morgan fingerprint density at radius 1 is 1.29 bits per heavy atom. The number of nitrogens with one attached hydrogen (secondary N) is 1. The van der Waals surface area contributed by atoms with E-state index < -0.39 is 10.0 Å². The summed E-state index contributed by atoms with van der Waals surface area (Å²) in [6.07, 6.45) is 2.06. The fourth-order valence-electron chi connectivity index (χ4n) is 2.96. The van der Waals surface area contributed by atoms with Crippen molar-refractivity contribution in [3.8, 4) is 11.5 Å². The second-order valence-corrected chi connectivity index (χ2v) is 7.98. The molecule has 1 aromatic carbocycles. The lowest BCUT2D eigenvalue weighted by Crippen LogP contribution is -2.44. The Morgan fingerprint density at radius 2 is 2.04 bits per heavy atom. The van der Waals surface area contributed by atoms with Crippen LogP contribution in [0.15, 0.2) is 23.1 Å². The molecule has 1 N–H and O–H groups in total. The van der Waals surface area contributed by atoms with E-state index in [0.717, 1.165) is 12.8 Å². The molecule has 8 heteroatoms. The van der Waals surface area contributed by atoms with Crippen molar-refractivity contribution in [3.63, 3.8) is 0 Å². The number of amides is 1. The molecular weight excluding hydrogens is 332 g/mol. The number of rotatable bonds is 4. The summed E-state index contributed by atoms with van der Waals surface area (Å²) in [6.45, 7) is 4.07. The molecule has 0 spiro atoms. The van der Waals surface area contributed by atoms with Gasteiger partial charge in [-0.25, -0.2) is 13.1 Å². The lowest BCUT2D eigenvalue weighted by molar-refractivity contribution is -0.131.